The smallest absolute Gasteiger partial charge is 0.271 e. The summed E-state index contributed by atoms with van der Waals surface area (Å²) in [6.45, 7) is 3.34. The first-order valence-electron chi connectivity index (χ1n) is 9.45. The minimum atomic E-state index is -0.231. The molecule has 0 aliphatic carbocycles. The normalized spacial score (nSPS) is 14.2. The fourth-order valence-corrected chi connectivity index (χ4v) is 3.45. The second-order valence-electron chi connectivity index (χ2n) is 7.18. The Morgan fingerprint density at radius 2 is 1.86 bits per heavy atom. The fraction of sp³-hybridized carbons (Fsp3) is 0.217. The maximum Gasteiger partial charge on any atom is 0.271 e. The fourth-order valence-electron chi connectivity index (χ4n) is 3.45. The highest BCUT2D eigenvalue weighted by Gasteiger charge is 2.22. The maximum atomic E-state index is 13.3. The van der Waals surface area contributed by atoms with E-state index in [1.165, 1.54) is 23.3 Å². The van der Waals surface area contributed by atoms with Crippen LogP contribution < -0.4 is 0 Å². The first-order chi connectivity index (χ1) is 13.6. The standard InChI is InChI=1S/C23H22FN3O/c1-16-5-7-19(8-6-16)21-15-22(26-25-21)23(28)27-11-9-17(10-12-27)13-18-3-2-4-20(24)14-18/h2-8,13-15H,9-12H2,1H3,(H,25,26). The lowest BCUT2D eigenvalue weighted by atomic mass is 10.0. The van der Waals surface area contributed by atoms with Crippen molar-refractivity contribution in [1.82, 2.24) is 15.1 Å². The zero-order valence-corrected chi connectivity index (χ0v) is 15.8. The van der Waals surface area contributed by atoms with Gasteiger partial charge < -0.3 is 4.90 Å². The van der Waals surface area contributed by atoms with Crippen LogP contribution in [0.4, 0.5) is 4.39 Å². The van der Waals surface area contributed by atoms with Crippen molar-refractivity contribution >= 4 is 12.0 Å². The Bertz CT molecular complexity index is 1010. The summed E-state index contributed by atoms with van der Waals surface area (Å²) in [5.74, 6) is -0.263. The van der Waals surface area contributed by atoms with Gasteiger partial charge in [-0.2, -0.15) is 5.10 Å². The van der Waals surface area contributed by atoms with E-state index in [1.807, 2.05) is 54.3 Å². The summed E-state index contributed by atoms with van der Waals surface area (Å²) in [5, 5.41) is 7.17. The molecule has 3 aromatic rings. The Balaban J connectivity index is 1.41. The number of hydrogen-bond acceptors (Lipinski definition) is 2. The molecular formula is C23H22FN3O. The first-order valence-corrected chi connectivity index (χ1v) is 9.45. The molecule has 142 valence electrons. The number of nitrogens with one attached hydrogen (secondary N) is 1. The highest BCUT2D eigenvalue weighted by molar-refractivity contribution is 5.93. The molecule has 1 amide bonds. The Morgan fingerprint density at radius 1 is 1.11 bits per heavy atom. The van der Waals surface area contributed by atoms with Crippen molar-refractivity contribution in [2.24, 2.45) is 0 Å². The molecule has 4 nitrogen and oxygen atoms in total. The minimum Gasteiger partial charge on any atom is -0.337 e. The van der Waals surface area contributed by atoms with Crippen molar-refractivity contribution in [3.8, 4) is 11.3 Å². The molecule has 1 saturated heterocycles. The Labute approximate surface area is 163 Å². The Hall–Kier alpha value is -3.21. The van der Waals surface area contributed by atoms with E-state index in [0.717, 1.165) is 29.7 Å². The van der Waals surface area contributed by atoms with Gasteiger partial charge in [0.1, 0.15) is 11.5 Å². The third kappa shape index (κ3) is 4.03. The van der Waals surface area contributed by atoms with Gasteiger partial charge in [0.2, 0.25) is 0 Å². The average molecular weight is 375 g/mol. The van der Waals surface area contributed by atoms with Gasteiger partial charge in [0.15, 0.2) is 0 Å². The van der Waals surface area contributed by atoms with E-state index in [1.54, 1.807) is 6.07 Å². The number of carbonyl (C=O) groups is 1. The van der Waals surface area contributed by atoms with Gasteiger partial charge >= 0.3 is 0 Å². The molecule has 0 saturated carbocycles. The van der Waals surface area contributed by atoms with Gasteiger partial charge in [-0.25, -0.2) is 4.39 Å². The summed E-state index contributed by atoms with van der Waals surface area (Å²) in [6.07, 6.45) is 3.61. The van der Waals surface area contributed by atoms with Crippen LogP contribution in [0.25, 0.3) is 17.3 Å². The van der Waals surface area contributed by atoms with Gasteiger partial charge in [0.25, 0.3) is 5.91 Å². The van der Waals surface area contributed by atoms with Crippen molar-refractivity contribution in [3.63, 3.8) is 0 Å². The molecule has 1 fully saturated rings. The van der Waals surface area contributed by atoms with Gasteiger partial charge in [0, 0.05) is 18.7 Å². The highest BCUT2D eigenvalue weighted by Crippen LogP contribution is 2.23. The SMILES string of the molecule is Cc1ccc(-c2cc(C(=O)N3CCC(=Cc4cccc(F)c4)CC3)[nH]n2)cc1. The van der Waals surface area contributed by atoms with Crippen molar-refractivity contribution < 1.29 is 9.18 Å². The van der Waals surface area contributed by atoms with Gasteiger partial charge in [-0.1, -0.05) is 53.6 Å². The average Bonchev–Trinajstić information content (AvgIpc) is 3.19. The lowest BCUT2D eigenvalue weighted by Gasteiger charge is -2.28. The second kappa shape index (κ2) is 7.80. The van der Waals surface area contributed by atoms with Crippen LogP contribution in [0.3, 0.4) is 0 Å². The number of aryl methyl sites for hydroxylation is 1. The van der Waals surface area contributed by atoms with Crippen molar-refractivity contribution in [1.29, 1.82) is 0 Å². The number of likely N-dealkylation sites (tertiary alicyclic amines) is 1. The first kappa shape index (κ1) is 18.2. The molecule has 1 aliphatic heterocycles. The predicted molar refractivity (Wildman–Crippen MR) is 108 cm³/mol. The van der Waals surface area contributed by atoms with Crippen LogP contribution in [0.1, 0.15) is 34.5 Å². The lowest BCUT2D eigenvalue weighted by molar-refractivity contribution is 0.0738. The Morgan fingerprint density at radius 3 is 2.57 bits per heavy atom. The lowest BCUT2D eigenvalue weighted by Crippen LogP contribution is -2.36. The quantitative estimate of drug-likeness (QED) is 0.712. The van der Waals surface area contributed by atoms with E-state index in [9.17, 15) is 9.18 Å². The minimum absolute atomic E-state index is 0.0318. The summed E-state index contributed by atoms with van der Waals surface area (Å²) in [6, 6.07) is 16.5. The molecule has 1 aromatic heterocycles. The summed E-state index contributed by atoms with van der Waals surface area (Å²) in [5.41, 5.74) is 5.55. The van der Waals surface area contributed by atoms with Gasteiger partial charge in [-0.05, 0) is 43.5 Å². The van der Waals surface area contributed by atoms with Crippen LogP contribution >= 0.6 is 0 Å². The number of piperidine rings is 1. The number of H-pyrrole nitrogens is 1. The number of amides is 1. The molecule has 1 aliphatic rings. The number of carbonyl (C=O) groups excluding carboxylic acids is 1. The van der Waals surface area contributed by atoms with E-state index in [-0.39, 0.29) is 11.7 Å². The monoisotopic (exact) mass is 375 g/mol. The van der Waals surface area contributed by atoms with Crippen LogP contribution in [0, 0.1) is 12.7 Å². The molecule has 0 atom stereocenters. The third-order valence-electron chi connectivity index (χ3n) is 5.07. The summed E-state index contributed by atoms with van der Waals surface area (Å²) in [4.78, 5) is 14.6. The van der Waals surface area contributed by atoms with E-state index in [0.29, 0.717) is 18.8 Å². The van der Waals surface area contributed by atoms with Gasteiger partial charge in [-0.3, -0.25) is 9.89 Å². The summed E-state index contributed by atoms with van der Waals surface area (Å²) >= 11 is 0. The van der Waals surface area contributed by atoms with Crippen molar-refractivity contribution in [2.45, 2.75) is 19.8 Å². The predicted octanol–water partition coefficient (Wildman–Crippen LogP) is 4.84. The molecule has 0 bridgehead atoms. The number of halogens is 1. The van der Waals surface area contributed by atoms with Crippen LogP contribution in [0.5, 0.6) is 0 Å². The van der Waals surface area contributed by atoms with E-state index in [4.69, 9.17) is 0 Å². The van der Waals surface area contributed by atoms with Crippen LogP contribution in [0.2, 0.25) is 0 Å². The van der Waals surface area contributed by atoms with E-state index >= 15 is 0 Å². The van der Waals surface area contributed by atoms with Gasteiger partial charge in [0.05, 0.1) is 5.69 Å². The van der Waals surface area contributed by atoms with Crippen molar-refractivity contribution in [3.05, 3.63) is 82.8 Å². The number of aromatic amines is 1. The largest absolute Gasteiger partial charge is 0.337 e. The molecular weight excluding hydrogens is 353 g/mol. The molecule has 4 rings (SSSR count). The molecule has 0 spiro atoms. The van der Waals surface area contributed by atoms with Gasteiger partial charge in [-0.15, -0.1) is 0 Å². The molecule has 28 heavy (non-hydrogen) atoms. The number of hydrogen-bond donors (Lipinski definition) is 1. The Kier molecular flexibility index (Phi) is 5.06. The molecule has 2 heterocycles. The zero-order valence-electron chi connectivity index (χ0n) is 15.8. The number of nitrogens with zero attached hydrogens (tertiary/aromatic N) is 2. The highest BCUT2D eigenvalue weighted by atomic mass is 19.1. The van der Waals surface area contributed by atoms with Crippen LogP contribution in [0.15, 0.2) is 60.2 Å². The molecule has 2 aromatic carbocycles. The van der Waals surface area contributed by atoms with E-state index in [2.05, 4.69) is 10.2 Å². The number of aromatic nitrogens is 2. The zero-order chi connectivity index (χ0) is 19.5. The topological polar surface area (TPSA) is 49.0 Å². The molecule has 0 unspecified atom stereocenters. The van der Waals surface area contributed by atoms with Crippen LogP contribution in [-0.2, 0) is 0 Å². The second-order valence-corrected chi connectivity index (χ2v) is 7.18. The maximum absolute atomic E-state index is 13.3. The molecule has 1 N–H and O–H groups in total. The molecule has 5 heteroatoms. The molecule has 0 radical (unpaired) electrons. The number of rotatable bonds is 3. The number of benzene rings is 2. The van der Waals surface area contributed by atoms with Crippen LogP contribution in [-0.4, -0.2) is 34.1 Å². The van der Waals surface area contributed by atoms with E-state index < -0.39 is 0 Å². The van der Waals surface area contributed by atoms with Crippen molar-refractivity contribution in [2.75, 3.05) is 13.1 Å². The summed E-state index contributed by atoms with van der Waals surface area (Å²) < 4.78 is 13.3. The summed E-state index contributed by atoms with van der Waals surface area (Å²) in [7, 11) is 0. The third-order valence-corrected chi connectivity index (χ3v) is 5.07.